The normalized spacial score (nSPS) is 26.5. The van der Waals surface area contributed by atoms with E-state index >= 15 is 0 Å². The van der Waals surface area contributed by atoms with Crippen LogP contribution in [-0.2, 0) is 4.79 Å². The average molecular weight is 282 g/mol. The molecule has 2 saturated heterocycles. The van der Waals surface area contributed by atoms with Gasteiger partial charge in [-0.25, -0.2) is 0 Å². The minimum absolute atomic E-state index is 0.134. The SMILES string of the molecule is CCCC1(C(=O)N2CCCCC2CCO)CCNCC1. The summed E-state index contributed by atoms with van der Waals surface area (Å²) < 4.78 is 0. The van der Waals surface area contributed by atoms with E-state index in [1.54, 1.807) is 0 Å². The fourth-order valence-electron chi connectivity index (χ4n) is 3.98. The van der Waals surface area contributed by atoms with Crippen molar-refractivity contribution in [2.24, 2.45) is 5.41 Å². The van der Waals surface area contributed by atoms with E-state index in [2.05, 4.69) is 17.1 Å². The number of amides is 1. The Bertz CT molecular complexity index is 306. The van der Waals surface area contributed by atoms with Crippen molar-refractivity contribution < 1.29 is 9.90 Å². The third-order valence-corrected chi connectivity index (χ3v) is 5.09. The van der Waals surface area contributed by atoms with E-state index in [1.807, 2.05) is 0 Å². The largest absolute Gasteiger partial charge is 0.396 e. The lowest BCUT2D eigenvalue weighted by atomic mass is 9.73. The molecule has 1 atom stereocenters. The molecule has 0 saturated carbocycles. The highest BCUT2D eigenvalue weighted by Gasteiger charge is 2.43. The molecule has 2 fully saturated rings. The van der Waals surface area contributed by atoms with Crippen LogP contribution in [0.4, 0.5) is 0 Å². The van der Waals surface area contributed by atoms with Gasteiger partial charge in [0.25, 0.3) is 0 Å². The van der Waals surface area contributed by atoms with Gasteiger partial charge < -0.3 is 15.3 Å². The van der Waals surface area contributed by atoms with Crippen LogP contribution in [0.3, 0.4) is 0 Å². The molecule has 116 valence electrons. The molecule has 2 aliphatic rings. The van der Waals surface area contributed by atoms with Crippen LogP contribution in [0.2, 0.25) is 0 Å². The van der Waals surface area contributed by atoms with E-state index < -0.39 is 0 Å². The lowest BCUT2D eigenvalue weighted by Crippen LogP contribution is -2.54. The van der Waals surface area contributed by atoms with Gasteiger partial charge in [0.15, 0.2) is 0 Å². The fraction of sp³-hybridized carbons (Fsp3) is 0.938. The van der Waals surface area contributed by atoms with Gasteiger partial charge in [0.1, 0.15) is 0 Å². The Morgan fingerprint density at radius 1 is 1.35 bits per heavy atom. The van der Waals surface area contributed by atoms with Crippen LogP contribution in [0.25, 0.3) is 0 Å². The third kappa shape index (κ3) is 3.34. The number of carbonyl (C=O) groups is 1. The van der Waals surface area contributed by atoms with Crippen molar-refractivity contribution >= 4 is 5.91 Å². The molecule has 0 aromatic carbocycles. The predicted molar refractivity (Wildman–Crippen MR) is 80.5 cm³/mol. The van der Waals surface area contributed by atoms with Crippen LogP contribution < -0.4 is 5.32 Å². The first-order valence-electron chi connectivity index (χ1n) is 8.36. The lowest BCUT2D eigenvalue weighted by molar-refractivity contribution is -0.148. The monoisotopic (exact) mass is 282 g/mol. The number of likely N-dealkylation sites (tertiary alicyclic amines) is 1. The Kier molecular flexibility index (Phi) is 5.85. The van der Waals surface area contributed by atoms with Gasteiger partial charge in [-0.05, 0) is 58.0 Å². The summed E-state index contributed by atoms with van der Waals surface area (Å²) in [5.41, 5.74) is -0.134. The van der Waals surface area contributed by atoms with Crippen molar-refractivity contribution in [2.75, 3.05) is 26.2 Å². The van der Waals surface area contributed by atoms with Gasteiger partial charge in [-0.1, -0.05) is 13.3 Å². The predicted octanol–water partition coefficient (Wildman–Crippen LogP) is 1.92. The van der Waals surface area contributed by atoms with Crippen LogP contribution in [0.15, 0.2) is 0 Å². The summed E-state index contributed by atoms with van der Waals surface area (Å²) in [6.07, 6.45) is 8.15. The summed E-state index contributed by atoms with van der Waals surface area (Å²) in [4.78, 5) is 15.3. The van der Waals surface area contributed by atoms with E-state index in [-0.39, 0.29) is 18.1 Å². The smallest absolute Gasteiger partial charge is 0.229 e. The first-order chi connectivity index (χ1) is 9.73. The standard InChI is InChI=1S/C16H30N2O2/c1-2-7-16(8-10-17-11-9-16)15(20)18-12-4-3-5-14(18)6-13-19/h14,17,19H,2-13H2,1H3. The van der Waals surface area contributed by atoms with Crippen molar-refractivity contribution in [2.45, 2.75) is 64.3 Å². The second kappa shape index (κ2) is 7.41. The number of rotatable bonds is 5. The number of piperidine rings is 2. The van der Waals surface area contributed by atoms with Gasteiger partial charge in [0.2, 0.25) is 5.91 Å². The van der Waals surface area contributed by atoms with Gasteiger partial charge in [0.05, 0.1) is 5.41 Å². The number of hydrogen-bond donors (Lipinski definition) is 2. The quantitative estimate of drug-likeness (QED) is 0.810. The molecule has 1 unspecified atom stereocenters. The molecule has 2 aliphatic heterocycles. The van der Waals surface area contributed by atoms with Crippen molar-refractivity contribution in [3.63, 3.8) is 0 Å². The van der Waals surface area contributed by atoms with Gasteiger partial charge in [0, 0.05) is 19.2 Å². The highest BCUT2D eigenvalue weighted by atomic mass is 16.3. The van der Waals surface area contributed by atoms with Gasteiger partial charge in [-0.3, -0.25) is 4.79 Å². The molecule has 0 bridgehead atoms. The highest BCUT2D eigenvalue weighted by Crippen LogP contribution is 2.38. The van der Waals surface area contributed by atoms with E-state index in [0.29, 0.717) is 5.91 Å². The Morgan fingerprint density at radius 3 is 2.75 bits per heavy atom. The highest BCUT2D eigenvalue weighted by molar-refractivity contribution is 5.83. The van der Waals surface area contributed by atoms with Gasteiger partial charge >= 0.3 is 0 Å². The van der Waals surface area contributed by atoms with Crippen LogP contribution in [0.1, 0.15) is 58.3 Å². The summed E-state index contributed by atoms with van der Waals surface area (Å²) in [6, 6.07) is 0.268. The van der Waals surface area contributed by atoms with E-state index in [0.717, 1.165) is 64.6 Å². The van der Waals surface area contributed by atoms with E-state index in [9.17, 15) is 9.90 Å². The summed E-state index contributed by atoms with van der Waals surface area (Å²) in [5, 5.41) is 12.6. The van der Waals surface area contributed by atoms with Crippen molar-refractivity contribution in [1.82, 2.24) is 10.2 Å². The maximum absolute atomic E-state index is 13.2. The molecule has 0 aromatic heterocycles. The molecule has 4 heteroatoms. The second-order valence-corrected chi connectivity index (χ2v) is 6.44. The number of hydrogen-bond acceptors (Lipinski definition) is 3. The Labute approximate surface area is 122 Å². The Morgan fingerprint density at radius 2 is 2.10 bits per heavy atom. The average Bonchev–Trinajstić information content (AvgIpc) is 2.49. The first-order valence-corrected chi connectivity index (χ1v) is 8.36. The fourth-order valence-corrected chi connectivity index (χ4v) is 3.98. The second-order valence-electron chi connectivity index (χ2n) is 6.44. The maximum atomic E-state index is 13.2. The number of carbonyl (C=O) groups excluding carboxylic acids is 1. The molecule has 1 amide bonds. The van der Waals surface area contributed by atoms with Crippen LogP contribution in [0, 0.1) is 5.41 Å². The van der Waals surface area contributed by atoms with E-state index in [4.69, 9.17) is 0 Å². The maximum Gasteiger partial charge on any atom is 0.229 e. The zero-order valence-corrected chi connectivity index (χ0v) is 12.9. The summed E-state index contributed by atoms with van der Waals surface area (Å²) in [7, 11) is 0. The van der Waals surface area contributed by atoms with Crippen molar-refractivity contribution in [3.8, 4) is 0 Å². The molecule has 4 nitrogen and oxygen atoms in total. The molecule has 0 aliphatic carbocycles. The molecule has 0 aromatic rings. The number of nitrogens with zero attached hydrogens (tertiary/aromatic N) is 1. The molecular formula is C16H30N2O2. The zero-order chi connectivity index (χ0) is 14.4. The lowest BCUT2D eigenvalue weighted by Gasteiger charge is -2.44. The third-order valence-electron chi connectivity index (χ3n) is 5.09. The van der Waals surface area contributed by atoms with Crippen LogP contribution >= 0.6 is 0 Å². The van der Waals surface area contributed by atoms with Crippen molar-refractivity contribution in [3.05, 3.63) is 0 Å². The number of aliphatic hydroxyl groups excluding tert-OH is 1. The molecule has 0 spiro atoms. The number of nitrogens with one attached hydrogen (secondary N) is 1. The summed E-state index contributed by atoms with van der Waals surface area (Å²) in [5.74, 6) is 0.374. The molecule has 2 rings (SSSR count). The topological polar surface area (TPSA) is 52.6 Å². The molecule has 2 N–H and O–H groups in total. The zero-order valence-electron chi connectivity index (χ0n) is 12.9. The van der Waals surface area contributed by atoms with Crippen molar-refractivity contribution in [1.29, 1.82) is 0 Å². The molecule has 2 heterocycles. The number of aliphatic hydroxyl groups is 1. The van der Waals surface area contributed by atoms with E-state index in [1.165, 1.54) is 6.42 Å². The van der Waals surface area contributed by atoms with Gasteiger partial charge in [-0.15, -0.1) is 0 Å². The van der Waals surface area contributed by atoms with Crippen LogP contribution in [0.5, 0.6) is 0 Å². The minimum Gasteiger partial charge on any atom is -0.396 e. The van der Waals surface area contributed by atoms with Gasteiger partial charge in [-0.2, -0.15) is 0 Å². The minimum atomic E-state index is -0.134. The first kappa shape index (κ1) is 15.8. The Balaban J connectivity index is 2.12. The Hall–Kier alpha value is -0.610. The molecule has 20 heavy (non-hydrogen) atoms. The van der Waals surface area contributed by atoms with Crippen LogP contribution in [-0.4, -0.2) is 48.2 Å². The summed E-state index contributed by atoms with van der Waals surface area (Å²) in [6.45, 7) is 5.19. The molecular weight excluding hydrogens is 252 g/mol. The molecule has 0 radical (unpaired) electrons. The summed E-state index contributed by atoms with van der Waals surface area (Å²) >= 11 is 0.